The zero-order valence-corrected chi connectivity index (χ0v) is 14.8. The van der Waals surface area contributed by atoms with Crippen LogP contribution >= 0.6 is 0 Å². The molecule has 0 atom stereocenters. The van der Waals surface area contributed by atoms with Crippen molar-refractivity contribution in [2.75, 3.05) is 13.2 Å². The van der Waals surface area contributed by atoms with Gasteiger partial charge in [-0.15, -0.1) is 0 Å². The Kier molecular flexibility index (Phi) is 7.59. The fourth-order valence-electron chi connectivity index (χ4n) is 2.07. The minimum atomic E-state index is -0.689. The molecule has 0 aromatic heterocycles. The number of ether oxygens (including phenoxy) is 2. The fraction of sp³-hybridized carbons (Fsp3) is 0.150. The number of esters is 1. The first-order valence-corrected chi connectivity index (χ1v) is 8.31. The van der Waals surface area contributed by atoms with E-state index in [2.05, 4.69) is 10.9 Å². The first-order chi connectivity index (χ1) is 13.1. The molecule has 2 aromatic rings. The number of carbonyl (C=O) groups is 3. The van der Waals surface area contributed by atoms with Crippen molar-refractivity contribution in [3.05, 3.63) is 71.8 Å². The molecule has 0 aliphatic rings. The van der Waals surface area contributed by atoms with E-state index in [4.69, 9.17) is 9.47 Å². The van der Waals surface area contributed by atoms with E-state index in [1.807, 2.05) is 19.1 Å². The van der Waals surface area contributed by atoms with Gasteiger partial charge in [0.1, 0.15) is 5.75 Å². The average Bonchev–Trinajstić information content (AvgIpc) is 2.70. The van der Waals surface area contributed by atoms with Gasteiger partial charge in [0.2, 0.25) is 0 Å². The molecule has 2 aromatic carbocycles. The van der Waals surface area contributed by atoms with Crippen molar-refractivity contribution in [2.24, 2.45) is 0 Å². The summed E-state index contributed by atoms with van der Waals surface area (Å²) in [5.74, 6) is -1.17. The third-order valence-corrected chi connectivity index (χ3v) is 3.31. The van der Waals surface area contributed by atoms with Gasteiger partial charge >= 0.3 is 5.97 Å². The van der Waals surface area contributed by atoms with E-state index in [1.54, 1.807) is 48.5 Å². The molecule has 0 aliphatic heterocycles. The molecule has 2 rings (SSSR count). The van der Waals surface area contributed by atoms with Crippen molar-refractivity contribution >= 4 is 23.9 Å². The van der Waals surface area contributed by atoms with Gasteiger partial charge in [-0.2, -0.15) is 0 Å². The normalized spacial score (nSPS) is 10.3. The van der Waals surface area contributed by atoms with Crippen LogP contribution in [-0.4, -0.2) is 31.0 Å². The van der Waals surface area contributed by atoms with Crippen LogP contribution in [0.1, 0.15) is 22.8 Å². The fourth-order valence-corrected chi connectivity index (χ4v) is 2.07. The molecule has 140 valence electrons. The Hall–Kier alpha value is -3.61. The van der Waals surface area contributed by atoms with E-state index in [0.29, 0.717) is 17.9 Å². The van der Waals surface area contributed by atoms with Gasteiger partial charge in [-0.25, -0.2) is 4.79 Å². The summed E-state index contributed by atoms with van der Waals surface area (Å²) in [7, 11) is 0. The molecule has 0 unspecified atom stereocenters. The molecule has 0 bridgehead atoms. The molecule has 2 amide bonds. The first kappa shape index (κ1) is 19.7. The van der Waals surface area contributed by atoms with Crippen molar-refractivity contribution in [3.8, 4) is 5.75 Å². The van der Waals surface area contributed by atoms with Gasteiger partial charge < -0.3 is 9.47 Å². The molecule has 0 aliphatic carbocycles. The van der Waals surface area contributed by atoms with Crippen LogP contribution in [0.4, 0.5) is 0 Å². The second kappa shape index (κ2) is 10.4. The van der Waals surface area contributed by atoms with Gasteiger partial charge in [0, 0.05) is 17.2 Å². The predicted octanol–water partition coefficient (Wildman–Crippen LogP) is 2.10. The van der Waals surface area contributed by atoms with Crippen molar-refractivity contribution in [1.29, 1.82) is 0 Å². The highest BCUT2D eigenvalue weighted by Gasteiger charge is 2.08. The van der Waals surface area contributed by atoms with Crippen LogP contribution in [0.3, 0.4) is 0 Å². The molecule has 7 heteroatoms. The summed E-state index contributed by atoms with van der Waals surface area (Å²) in [5.41, 5.74) is 5.53. The Balaban J connectivity index is 1.76. The maximum Gasteiger partial charge on any atom is 0.331 e. The zero-order chi connectivity index (χ0) is 19.5. The quantitative estimate of drug-likeness (QED) is 0.443. The number of para-hydroxylation sites is 1. The maximum atomic E-state index is 11.8. The third kappa shape index (κ3) is 6.66. The number of benzene rings is 2. The second-order valence-electron chi connectivity index (χ2n) is 5.28. The lowest BCUT2D eigenvalue weighted by atomic mass is 10.2. The van der Waals surface area contributed by atoms with Gasteiger partial charge in [0.25, 0.3) is 11.8 Å². The summed E-state index contributed by atoms with van der Waals surface area (Å²) in [5, 5.41) is 0. The number of amides is 2. The third-order valence-electron chi connectivity index (χ3n) is 3.31. The van der Waals surface area contributed by atoms with Crippen LogP contribution in [-0.2, 0) is 14.3 Å². The van der Waals surface area contributed by atoms with Gasteiger partial charge in [-0.05, 0) is 31.2 Å². The summed E-state index contributed by atoms with van der Waals surface area (Å²) in [4.78, 5) is 35.2. The number of carbonyl (C=O) groups excluding carboxylic acids is 3. The lowest BCUT2D eigenvalue weighted by Crippen LogP contribution is -2.43. The van der Waals surface area contributed by atoms with Crippen LogP contribution in [0.15, 0.2) is 60.7 Å². The Labute approximate surface area is 156 Å². The van der Waals surface area contributed by atoms with Gasteiger partial charge in [-0.3, -0.25) is 20.4 Å². The van der Waals surface area contributed by atoms with E-state index in [9.17, 15) is 14.4 Å². The largest absolute Gasteiger partial charge is 0.493 e. The predicted molar refractivity (Wildman–Crippen MR) is 99.7 cm³/mol. The standard InChI is InChI=1S/C20H20N2O5/c1-2-26-17-11-7-6-8-15(17)12-13-19(24)27-14-18(23)21-22-20(25)16-9-4-3-5-10-16/h3-13H,2,14H2,1H3,(H,21,23)(H,22,25)/b13-12+. The Morgan fingerprint density at radius 2 is 1.67 bits per heavy atom. The molecule has 0 heterocycles. The summed E-state index contributed by atoms with van der Waals surface area (Å²) in [6.07, 6.45) is 2.75. The monoisotopic (exact) mass is 368 g/mol. The number of hydrogen-bond donors (Lipinski definition) is 2. The average molecular weight is 368 g/mol. The van der Waals surface area contributed by atoms with Crippen LogP contribution in [0.5, 0.6) is 5.75 Å². The maximum absolute atomic E-state index is 11.8. The van der Waals surface area contributed by atoms with E-state index in [-0.39, 0.29) is 0 Å². The van der Waals surface area contributed by atoms with Crippen molar-refractivity contribution in [1.82, 2.24) is 10.9 Å². The second-order valence-corrected chi connectivity index (χ2v) is 5.28. The van der Waals surface area contributed by atoms with Crippen molar-refractivity contribution in [2.45, 2.75) is 6.92 Å². The van der Waals surface area contributed by atoms with Gasteiger partial charge in [0.15, 0.2) is 6.61 Å². The highest BCUT2D eigenvalue weighted by molar-refractivity contribution is 5.95. The molecular weight excluding hydrogens is 348 g/mol. The molecular formula is C20H20N2O5. The molecule has 2 N–H and O–H groups in total. The summed E-state index contributed by atoms with van der Waals surface area (Å²) >= 11 is 0. The summed E-state index contributed by atoms with van der Waals surface area (Å²) in [6.45, 7) is 1.85. The SMILES string of the molecule is CCOc1ccccc1/C=C/C(=O)OCC(=O)NNC(=O)c1ccccc1. The highest BCUT2D eigenvalue weighted by Crippen LogP contribution is 2.19. The molecule has 0 spiro atoms. The smallest absolute Gasteiger partial charge is 0.331 e. The van der Waals surface area contributed by atoms with E-state index in [1.165, 1.54) is 6.08 Å². The lowest BCUT2D eigenvalue weighted by Gasteiger charge is -2.07. The molecule has 0 saturated carbocycles. The molecule has 0 saturated heterocycles. The van der Waals surface area contributed by atoms with Crippen LogP contribution < -0.4 is 15.6 Å². The molecule has 7 nitrogen and oxygen atoms in total. The Morgan fingerprint density at radius 3 is 2.41 bits per heavy atom. The van der Waals surface area contributed by atoms with Gasteiger partial charge in [0.05, 0.1) is 6.61 Å². The van der Waals surface area contributed by atoms with Crippen LogP contribution in [0, 0.1) is 0 Å². The summed E-state index contributed by atoms with van der Waals surface area (Å²) < 4.78 is 10.3. The van der Waals surface area contributed by atoms with E-state index in [0.717, 1.165) is 5.56 Å². The number of nitrogens with one attached hydrogen (secondary N) is 2. The number of rotatable bonds is 7. The zero-order valence-electron chi connectivity index (χ0n) is 14.8. The Morgan fingerprint density at radius 1 is 0.963 bits per heavy atom. The minimum absolute atomic E-state index is 0.394. The van der Waals surface area contributed by atoms with E-state index >= 15 is 0 Å². The number of hydrazine groups is 1. The minimum Gasteiger partial charge on any atom is -0.493 e. The number of hydrogen-bond acceptors (Lipinski definition) is 5. The molecule has 27 heavy (non-hydrogen) atoms. The Bertz CT molecular complexity index is 818. The molecule has 0 radical (unpaired) electrons. The van der Waals surface area contributed by atoms with Gasteiger partial charge in [-0.1, -0.05) is 36.4 Å². The molecule has 0 fully saturated rings. The lowest BCUT2D eigenvalue weighted by molar-refractivity contribution is -0.144. The van der Waals surface area contributed by atoms with Crippen LogP contribution in [0.25, 0.3) is 6.08 Å². The first-order valence-electron chi connectivity index (χ1n) is 8.31. The van der Waals surface area contributed by atoms with Crippen molar-refractivity contribution in [3.63, 3.8) is 0 Å². The summed E-state index contributed by atoms with van der Waals surface area (Å²) in [6, 6.07) is 15.6. The van der Waals surface area contributed by atoms with Crippen LogP contribution in [0.2, 0.25) is 0 Å². The topological polar surface area (TPSA) is 93.7 Å². The van der Waals surface area contributed by atoms with Crippen molar-refractivity contribution < 1.29 is 23.9 Å². The van der Waals surface area contributed by atoms with E-state index < -0.39 is 24.4 Å². The highest BCUT2D eigenvalue weighted by atomic mass is 16.5.